The molecule has 1 aromatic rings. The van der Waals surface area contributed by atoms with Crippen molar-refractivity contribution in [3.8, 4) is 0 Å². The van der Waals surface area contributed by atoms with Gasteiger partial charge in [-0.2, -0.15) is 0 Å². The summed E-state index contributed by atoms with van der Waals surface area (Å²) in [7, 11) is 0. The molecular weight excluding hydrogens is 1090 g/mol. The van der Waals surface area contributed by atoms with Crippen molar-refractivity contribution in [2.75, 3.05) is 79.0 Å². The molecule has 6 amide bonds. The molecule has 1 saturated carbocycles. The molecule has 2 rings (SSSR count). The lowest BCUT2D eigenvalue weighted by atomic mass is 9.80. The van der Waals surface area contributed by atoms with Gasteiger partial charge in [0.05, 0.1) is 45.6 Å². The molecule has 484 valence electrons. The van der Waals surface area contributed by atoms with E-state index in [0.717, 1.165) is 68.9 Å². The Morgan fingerprint density at radius 2 is 1.00 bits per heavy atom. The van der Waals surface area contributed by atoms with Crippen molar-refractivity contribution in [2.45, 2.75) is 207 Å². The van der Waals surface area contributed by atoms with E-state index in [2.05, 4.69) is 26.6 Å². The number of hydrogen-bond acceptors (Lipinski definition) is 13. The van der Waals surface area contributed by atoms with Crippen molar-refractivity contribution >= 4 is 53.2 Å². The number of carboxylic acid groups (broad SMARTS) is 2. The summed E-state index contributed by atoms with van der Waals surface area (Å²) in [6.07, 6.45) is 24.5. The number of primary amides is 1. The average Bonchev–Trinajstić information content (AvgIpc) is 3.57. The van der Waals surface area contributed by atoms with Crippen molar-refractivity contribution in [3.63, 3.8) is 0 Å². The summed E-state index contributed by atoms with van der Waals surface area (Å²) in [5.41, 5.74) is 7.77. The SMILES string of the molecule is Cc1ccc(C[C@@H](C(N)=O)C(C)C(=O)[C@@H](C)CCCCNC(=O)COCCOCCNC(=O)COCCOCCNC(=O)CCC(NC(=O)C2CCC(CNC(=O)CCCCCCCCCCCCCCCCCCC(=O)O)CC2)C(=O)O)cc1. The number of amides is 6. The van der Waals surface area contributed by atoms with Gasteiger partial charge in [-0.3, -0.25) is 38.4 Å². The second-order valence-corrected chi connectivity index (χ2v) is 23.2. The normalized spacial score (nSPS) is 15.4. The molecular formula is C64H108N6O15. The summed E-state index contributed by atoms with van der Waals surface area (Å²) in [4.78, 5) is 110. The zero-order chi connectivity index (χ0) is 62.3. The van der Waals surface area contributed by atoms with E-state index in [1.165, 1.54) is 64.2 Å². The van der Waals surface area contributed by atoms with Crippen LogP contribution in [0.4, 0.5) is 0 Å². The molecule has 2 unspecified atom stereocenters. The highest BCUT2D eigenvalue weighted by atomic mass is 16.5. The minimum Gasteiger partial charge on any atom is -0.481 e. The van der Waals surface area contributed by atoms with Crippen LogP contribution in [0.15, 0.2) is 24.3 Å². The van der Waals surface area contributed by atoms with Gasteiger partial charge in [0, 0.05) is 63.2 Å². The van der Waals surface area contributed by atoms with Gasteiger partial charge in [0.1, 0.15) is 25.0 Å². The van der Waals surface area contributed by atoms with Crippen LogP contribution in [-0.4, -0.2) is 148 Å². The third-order valence-corrected chi connectivity index (χ3v) is 15.8. The number of nitrogens with two attached hydrogens (primary N) is 1. The average molecular weight is 1200 g/mol. The molecule has 4 atom stereocenters. The fourth-order valence-electron chi connectivity index (χ4n) is 10.4. The standard InChI is InChI=1S/C64H108N6O15/c1-48-25-27-51(28-26-48)44-54(62(65)78)50(3)61(77)49(2)22-20-21-35-66-58(73)46-84-42-41-83-39-37-68-59(74)47-85-43-40-82-38-36-67-57(72)34-33-55(64(80)81)70-63(79)53-31-29-52(30-32-53)45-69-56(71)23-18-16-14-12-10-8-6-4-5-7-9-11-13-15-17-19-24-60(75)76/h25-28,49-50,52-55H,4-24,29-47H2,1-3H3,(H2,65,78)(H,66,73)(H,67,72)(H,68,74)(H,69,71)(H,70,79)(H,75,76)(H,80,81)/t49-,50?,52?,53?,54+,55?/m0/s1. The van der Waals surface area contributed by atoms with Gasteiger partial charge in [-0.15, -0.1) is 0 Å². The first-order valence-electron chi connectivity index (χ1n) is 32.0. The minimum atomic E-state index is -1.21. The topological polar surface area (TPSA) is 317 Å². The van der Waals surface area contributed by atoms with Gasteiger partial charge in [0.25, 0.3) is 0 Å². The summed E-state index contributed by atoms with van der Waals surface area (Å²) in [5, 5.41) is 32.3. The molecule has 0 aromatic heterocycles. The van der Waals surface area contributed by atoms with E-state index >= 15 is 0 Å². The maximum absolute atomic E-state index is 13.1. The molecule has 21 nitrogen and oxygen atoms in total. The van der Waals surface area contributed by atoms with E-state index in [4.69, 9.17) is 29.8 Å². The van der Waals surface area contributed by atoms with Crippen molar-refractivity contribution in [1.82, 2.24) is 26.6 Å². The predicted octanol–water partition coefficient (Wildman–Crippen LogP) is 7.44. The Morgan fingerprint density at radius 1 is 0.529 bits per heavy atom. The lowest BCUT2D eigenvalue weighted by molar-refractivity contribution is -0.143. The zero-order valence-electron chi connectivity index (χ0n) is 51.8. The van der Waals surface area contributed by atoms with E-state index in [1.54, 1.807) is 6.92 Å². The number of nitrogens with one attached hydrogen (secondary N) is 5. The number of benzene rings is 1. The molecule has 9 N–H and O–H groups in total. The highest BCUT2D eigenvalue weighted by molar-refractivity contribution is 5.89. The molecule has 1 fully saturated rings. The first kappa shape index (κ1) is 75.6. The Morgan fingerprint density at radius 3 is 1.51 bits per heavy atom. The van der Waals surface area contributed by atoms with Crippen molar-refractivity contribution < 1.29 is 72.3 Å². The first-order valence-corrected chi connectivity index (χ1v) is 32.0. The number of unbranched alkanes of at least 4 members (excludes halogenated alkanes) is 16. The van der Waals surface area contributed by atoms with Crippen LogP contribution in [0, 0.1) is 36.5 Å². The van der Waals surface area contributed by atoms with E-state index in [9.17, 15) is 48.3 Å². The fourth-order valence-corrected chi connectivity index (χ4v) is 10.4. The second-order valence-electron chi connectivity index (χ2n) is 23.2. The molecule has 0 saturated heterocycles. The molecule has 0 radical (unpaired) electrons. The molecule has 0 bridgehead atoms. The highest BCUT2D eigenvalue weighted by Crippen LogP contribution is 2.29. The van der Waals surface area contributed by atoms with Gasteiger partial charge in [-0.1, -0.05) is 140 Å². The van der Waals surface area contributed by atoms with E-state index in [1.807, 2.05) is 38.1 Å². The van der Waals surface area contributed by atoms with Crippen LogP contribution < -0.4 is 32.3 Å². The number of ketones is 1. The van der Waals surface area contributed by atoms with Crippen molar-refractivity contribution in [1.29, 1.82) is 0 Å². The maximum Gasteiger partial charge on any atom is 0.326 e. The number of aliphatic carboxylic acids is 2. The van der Waals surface area contributed by atoms with Crippen LogP contribution in [0.3, 0.4) is 0 Å². The number of aryl methyl sites for hydroxylation is 1. The van der Waals surface area contributed by atoms with Gasteiger partial charge >= 0.3 is 11.9 Å². The molecule has 0 aliphatic heterocycles. The second kappa shape index (κ2) is 48.6. The van der Waals surface area contributed by atoms with Crippen molar-refractivity contribution in [3.05, 3.63) is 35.4 Å². The van der Waals surface area contributed by atoms with Gasteiger partial charge in [0.15, 0.2) is 0 Å². The van der Waals surface area contributed by atoms with Crippen molar-refractivity contribution in [2.24, 2.45) is 35.3 Å². The molecule has 1 aromatic carbocycles. The zero-order valence-corrected chi connectivity index (χ0v) is 51.8. The van der Waals surface area contributed by atoms with Gasteiger partial charge in [0.2, 0.25) is 35.4 Å². The van der Waals surface area contributed by atoms with Crippen LogP contribution in [0.1, 0.15) is 198 Å². The smallest absolute Gasteiger partial charge is 0.326 e. The van der Waals surface area contributed by atoms with E-state index in [-0.39, 0.29) is 138 Å². The maximum atomic E-state index is 13.1. The van der Waals surface area contributed by atoms with Crippen LogP contribution in [-0.2, 0) is 68.5 Å². The predicted molar refractivity (Wildman–Crippen MR) is 325 cm³/mol. The van der Waals surface area contributed by atoms with Crippen LogP contribution in [0.2, 0.25) is 0 Å². The largest absolute Gasteiger partial charge is 0.481 e. The summed E-state index contributed by atoms with van der Waals surface area (Å²) < 4.78 is 21.6. The Kier molecular flexibility index (Phi) is 43.2. The molecule has 0 heterocycles. The number of carbonyl (C=O) groups excluding carboxylic acids is 7. The Hall–Kier alpha value is -5.51. The number of carbonyl (C=O) groups is 9. The molecule has 1 aliphatic carbocycles. The summed E-state index contributed by atoms with van der Waals surface area (Å²) >= 11 is 0. The quantitative estimate of drug-likeness (QED) is 0.0294. The van der Waals surface area contributed by atoms with E-state index < -0.39 is 35.7 Å². The van der Waals surface area contributed by atoms with Gasteiger partial charge in [-0.05, 0) is 82.6 Å². The van der Waals surface area contributed by atoms with Crippen LogP contribution in [0.25, 0.3) is 0 Å². The number of carboxylic acids is 2. The van der Waals surface area contributed by atoms with E-state index in [0.29, 0.717) is 51.6 Å². The lowest BCUT2D eigenvalue weighted by Crippen LogP contribution is -2.45. The summed E-state index contributed by atoms with van der Waals surface area (Å²) in [5.74, 6) is -4.99. The monoisotopic (exact) mass is 1200 g/mol. The minimum absolute atomic E-state index is 0.00989. The fraction of sp³-hybridized carbons (Fsp3) is 0.766. The highest BCUT2D eigenvalue weighted by Gasteiger charge is 2.32. The molecule has 0 spiro atoms. The third kappa shape index (κ3) is 39.7. The molecule has 85 heavy (non-hydrogen) atoms. The van der Waals surface area contributed by atoms with Gasteiger partial charge < -0.3 is 61.5 Å². The van der Waals surface area contributed by atoms with Crippen LogP contribution >= 0.6 is 0 Å². The Bertz CT molecular complexity index is 2050. The summed E-state index contributed by atoms with van der Waals surface area (Å²) in [6, 6.07) is 6.66. The molecule has 1 aliphatic rings. The van der Waals surface area contributed by atoms with Crippen LogP contribution in [0.5, 0.6) is 0 Å². The third-order valence-electron chi connectivity index (χ3n) is 15.8. The number of hydrogen-bond donors (Lipinski definition) is 8. The number of rotatable bonds is 54. The Labute approximate surface area is 506 Å². The number of ether oxygens (including phenoxy) is 4. The number of Topliss-reactive ketones (excluding diaryl/α,β-unsaturated/α-hetero) is 1. The molecule has 21 heteroatoms. The first-order chi connectivity index (χ1) is 41.0. The van der Waals surface area contributed by atoms with Gasteiger partial charge in [-0.25, -0.2) is 4.79 Å². The summed E-state index contributed by atoms with van der Waals surface area (Å²) in [6.45, 7) is 7.91. The Balaban J connectivity index is 1.37. The lowest BCUT2D eigenvalue weighted by Gasteiger charge is -2.28.